The molecule has 3 aliphatic rings. The van der Waals surface area contributed by atoms with E-state index in [1.165, 1.54) is 0 Å². The number of allylic oxidation sites excluding steroid dienone is 1. The zero-order valence-corrected chi connectivity index (χ0v) is 23.7. The van der Waals surface area contributed by atoms with Crippen LogP contribution in [0.25, 0.3) is 0 Å². The number of hydrogen-bond donors (Lipinski definition) is 1. The molecule has 1 atom stereocenters. The Balaban J connectivity index is 1.55. The van der Waals surface area contributed by atoms with Gasteiger partial charge in [-0.1, -0.05) is 44.2 Å². The van der Waals surface area contributed by atoms with Crippen molar-refractivity contribution in [3.05, 3.63) is 65.4 Å². The Morgan fingerprint density at radius 3 is 2.38 bits per heavy atom. The van der Waals surface area contributed by atoms with Crippen molar-refractivity contribution in [1.82, 2.24) is 9.80 Å². The van der Waals surface area contributed by atoms with Gasteiger partial charge in [-0.2, -0.15) is 0 Å². The van der Waals surface area contributed by atoms with Gasteiger partial charge in [0.05, 0.1) is 37.7 Å². The van der Waals surface area contributed by atoms with Gasteiger partial charge in [0.25, 0.3) is 0 Å². The minimum absolute atomic E-state index is 0.0638. The van der Waals surface area contributed by atoms with Gasteiger partial charge in [-0.15, -0.1) is 0 Å². The fourth-order valence-electron chi connectivity index (χ4n) is 6.04. The number of Topliss-reactive ketones (excluding diaryl/α,β-unsaturated/α-hetero) is 1. The van der Waals surface area contributed by atoms with Crippen LogP contribution in [0.3, 0.4) is 0 Å². The number of piperazine rings is 1. The molecule has 0 radical (unpaired) electrons. The Morgan fingerprint density at radius 1 is 0.975 bits per heavy atom. The van der Waals surface area contributed by atoms with Gasteiger partial charge in [0.1, 0.15) is 5.75 Å². The summed E-state index contributed by atoms with van der Waals surface area (Å²) in [5, 5.41) is 3.59. The van der Waals surface area contributed by atoms with Gasteiger partial charge in [0.15, 0.2) is 5.78 Å². The van der Waals surface area contributed by atoms with E-state index in [9.17, 15) is 14.4 Å². The number of nitrogens with one attached hydrogen (secondary N) is 1. The van der Waals surface area contributed by atoms with Crippen LogP contribution in [0.15, 0.2) is 59.8 Å². The normalized spacial score (nSPS) is 20.2. The predicted molar refractivity (Wildman–Crippen MR) is 153 cm³/mol. The van der Waals surface area contributed by atoms with E-state index in [-0.39, 0.29) is 29.7 Å². The molecule has 0 spiro atoms. The second-order valence-electron chi connectivity index (χ2n) is 11.3. The molecule has 2 aromatic carbocycles. The van der Waals surface area contributed by atoms with Gasteiger partial charge in [-0.05, 0) is 37.0 Å². The number of ether oxygens (including phenoxy) is 2. The molecule has 2 aliphatic heterocycles. The first-order valence-electron chi connectivity index (χ1n) is 13.9. The summed E-state index contributed by atoms with van der Waals surface area (Å²) in [5.74, 6) is 0.672. The monoisotopic (exact) mass is 546 g/mol. The molecule has 0 saturated carbocycles. The zero-order chi connectivity index (χ0) is 28.4. The molecule has 5 rings (SSSR count). The molecule has 0 bridgehead atoms. The van der Waals surface area contributed by atoms with E-state index in [1.807, 2.05) is 53.4 Å². The second kappa shape index (κ2) is 11.2. The van der Waals surface area contributed by atoms with Gasteiger partial charge < -0.3 is 29.5 Å². The van der Waals surface area contributed by atoms with Gasteiger partial charge in [-0.25, -0.2) is 4.79 Å². The van der Waals surface area contributed by atoms with E-state index < -0.39 is 6.04 Å². The van der Waals surface area contributed by atoms with Gasteiger partial charge in [0.2, 0.25) is 5.91 Å². The first kappa shape index (κ1) is 27.6. The number of methoxy groups -OCH3 is 1. The summed E-state index contributed by atoms with van der Waals surface area (Å²) < 4.78 is 10.9. The number of ketones is 1. The number of carbonyl (C=O) groups excluding carboxylic acids is 3. The first-order valence-corrected chi connectivity index (χ1v) is 13.9. The molecule has 1 saturated heterocycles. The number of fused-ring (bicyclic) bond motifs is 1. The molecule has 40 heavy (non-hydrogen) atoms. The highest BCUT2D eigenvalue weighted by Crippen LogP contribution is 2.49. The summed E-state index contributed by atoms with van der Waals surface area (Å²) in [4.78, 5) is 45.4. The Labute approximate surface area is 235 Å². The molecule has 2 aromatic rings. The van der Waals surface area contributed by atoms with Crippen LogP contribution in [0.4, 0.5) is 16.2 Å². The fraction of sp³-hybridized carbons (Fsp3) is 0.452. The minimum atomic E-state index is -0.518. The van der Waals surface area contributed by atoms with Gasteiger partial charge in [0, 0.05) is 49.4 Å². The third kappa shape index (κ3) is 5.37. The van der Waals surface area contributed by atoms with Crippen LogP contribution in [0.1, 0.15) is 45.2 Å². The van der Waals surface area contributed by atoms with Crippen molar-refractivity contribution in [1.29, 1.82) is 0 Å². The van der Waals surface area contributed by atoms with Crippen molar-refractivity contribution in [2.45, 2.75) is 39.7 Å². The number of amides is 2. The summed E-state index contributed by atoms with van der Waals surface area (Å²) in [5.41, 5.74) is 3.92. The number of carbonyl (C=O) groups is 3. The fourth-order valence-corrected chi connectivity index (χ4v) is 6.04. The standard InChI is InChI=1S/C31H38N4O5/c1-5-40-30(38)34-16-14-33(15-17-34)27(37)20-35-24-12-8-7-11-22(24)32-23-18-31(2,3)19-25(36)28(23)29(35)21-10-6-9-13-26(21)39-4/h6-13,29,32H,5,14-20H2,1-4H3. The van der Waals surface area contributed by atoms with Crippen LogP contribution in [0.2, 0.25) is 0 Å². The maximum atomic E-state index is 13.9. The molecule has 1 unspecified atom stereocenters. The van der Waals surface area contributed by atoms with Crippen LogP contribution < -0.4 is 15.0 Å². The lowest BCUT2D eigenvalue weighted by molar-refractivity contribution is -0.131. The van der Waals surface area contributed by atoms with Crippen LogP contribution in [0, 0.1) is 5.41 Å². The molecule has 212 valence electrons. The summed E-state index contributed by atoms with van der Waals surface area (Å²) in [6.07, 6.45) is 0.787. The molecule has 1 fully saturated rings. The lowest BCUT2D eigenvalue weighted by atomic mass is 9.73. The molecule has 2 heterocycles. The van der Waals surface area contributed by atoms with Crippen molar-refractivity contribution in [3.63, 3.8) is 0 Å². The summed E-state index contributed by atoms with van der Waals surface area (Å²) in [6, 6.07) is 15.1. The van der Waals surface area contributed by atoms with Crippen LogP contribution >= 0.6 is 0 Å². The molecular weight excluding hydrogens is 508 g/mol. The van der Waals surface area contributed by atoms with Crippen molar-refractivity contribution >= 4 is 29.2 Å². The van der Waals surface area contributed by atoms with Crippen molar-refractivity contribution < 1.29 is 23.9 Å². The van der Waals surface area contributed by atoms with E-state index in [1.54, 1.807) is 23.8 Å². The average molecular weight is 547 g/mol. The molecule has 1 aliphatic carbocycles. The van der Waals surface area contributed by atoms with E-state index in [0.717, 1.165) is 22.6 Å². The number of anilines is 2. The molecule has 2 amide bonds. The number of para-hydroxylation sites is 3. The average Bonchev–Trinajstić information content (AvgIpc) is 3.07. The Bertz CT molecular complexity index is 1330. The molecular formula is C31H38N4O5. The van der Waals surface area contributed by atoms with E-state index >= 15 is 0 Å². The summed E-state index contributed by atoms with van der Waals surface area (Å²) in [7, 11) is 1.63. The quantitative estimate of drug-likeness (QED) is 0.586. The molecule has 0 aromatic heterocycles. The second-order valence-corrected chi connectivity index (χ2v) is 11.3. The number of hydrogen-bond acceptors (Lipinski definition) is 7. The topological polar surface area (TPSA) is 91.4 Å². The predicted octanol–water partition coefficient (Wildman–Crippen LogP) is 4.61. The SMILES string of the molecule is CCOC(=O)N1CCN(C(=O)CN2c3ccccc3NC3=C(C(=O)CC(C)(C)C3)C2c2ccccc2OC)CC1. The van der Waals surface area contributed by atoms with Crippen molar-refractivity contribution in [2.24, 2.45) is 5.41 Å². The highest BCUT2D eigenvalue weighted by Gasteiger charge is 2.43. The third-order valence-corrected chi connectivity index (χ3v) is 7.90. The highest BCUT2D eigenvalue weighted by molar-refractivity contribution is 6.02. The van der Waals surface area contributed by atoms with Crippen molar-refractivity contribution in [3.8, 4) is 5.75 Å². The highest BCUT2D eigenvalue weighted by atomic mass is 16.6. The Hall–Kier alpha value is -4.01. The number of rotatable bonds is 5. The number of benzene rings is 2. The van der Waals surface area contributed by atoms with Crippen LogP contribution in [-0.4, -0.2) is 74.0 Å². The summed E-state index contributed by atoms with van der Waals surface area (Å²) >= 11 is 0. The van der Waals surface area contributed by atoms with Crippen molar-refractivity contribution in [2.75, 3.05) is 56.7 Å². The minimum Gasteiger partial charge on any atom is -0.496 e. The maximum absolute atomic E-state index is 13.9. The zero-order valence-electron chi connectivity index (χ0n) is 23.7. The largest absolute Gasteiger partial charge is 0.496 e. The Morgan fingerprint density at radius 2 is 1.65 bits per heavy atom. The smallest absolute Gasteiger partial charge is 0.409 e. The van der Waals surface area contributed by atoms with E-state index in [2.05, 4.69) is 19.2 Å². The van der Waals surface area contributed by atoms with Crippen LogP contribution in [-0.2, 0) is 14.3 Å². The third-order valence-electron chi connectivity index (χ3n) is 7.90. The maximum Gasteiger partial charge on any atom is 0.409 e. The van der Waals surface area contributed by atoms with Gasteiger partial charge >= 0.3 is 6.09 Å². The van der Waals surface area contributed by atoms with E-state index in [4.69, 9.17) is 9.47 Å². The van der Waals surface area contributed by atoms with Crippen LogP contribution in [0.5, 0.6) is 5.75 Å². The van der Waals surface area contributed by atoms with Gasteiger partial charge in [-0.3, -0.25) is 9.59 Å². The molecule has 9 heteroatoms. The molecule has 9 nitrogen and oxygen atoms in total. The Kier molecular flexibility index (Phi) is 7.74. The molecule has 1 N–H and O–H groups in total. The lowest BCUT2D eigenvalue weighted by Gasteiger charge is -2.40. The lowest BCUT2D eigenvalue weighted by Crippen LogP contribution is -2.53. The number of nitrogens with zero attached hydrogens (tertiary/aromatic N) is 3. The first-order chi connectivity index (χ1) is 19.2. The van der Waals surface area contributed by atoms with E-state index in [0.29, 0.717) is 57.0 Å². The summed E-state index contributed by atoms with van der Waals surface area (Å²) in [6.45, 7) is 8.07.